The van der Waals surface area contributed by atoms with E-state index in [0.717, 1.165) is 49.8 Å². The average molecular weight is 326 g/mol. The Morgan fingerprint density at radius 2 is 2.25 bits per heavy atom. The molecular formula is C18H22N4O2. The molecule has 1 aromatic heterocycles. The van der Waals surface area contributed by atoms with Crippen molar-refractivity contribution < 1.29 is 9.84 Å². The van der Waals surface area contributed by atoms with Crippen LogP contribution in [0.5, 0.6) is 5.75 Å². The highest BCUT2D eigenvalue weighted by atomic mass is 16.5. The summed E-state index contributed by atoms with van der Waals surface area (Å²) < 4.78 is 5.54. The molecule has 1 atom stereocenters. The van der Waals surface area contributed by atoms with Crippen molar-refractivity contribution >= 4 is 11.6 Å². The Morgan fingerprint density at radius 1 is 1.29 bits per heavy atom. The van der Waals surface area contributed by atoms with Crippen LogP contribution in [0.25, 0.3) is 0 Å². The quantitative estimate of drug-likeness (QED) is 0.875. The van der Waals surface area contributed by atoms with Crippen LogP contribution in [0.1, 0.15) is 24.0 Å². The molecule has 2 aliphatic rings. The summed E-state index contributed by atoms with van der Waals surface area (Å²) in [6.07, 6.45) is 4.68. The maximum Gasteiger partial charge on any atom is 0.134 e. The van der Waals surface area contributed by atoms with Gasteiger partial charge >= 0.3 is 0 Å². The molecule has 6 nitrogen and oxygen atoms in total. The fraction of sp³-hybridized carbons (Fsp3) is 0.444. The van der Waals surface area contributed by atoms with Gasteiger partial charge in [-0.25, -0.2) is 9.97 Å². The van der Waals surface area contributed by atoms with E-state index in [1.54, 1.807) is 6.33 Å². The van der Waals surface area contributed by atoms with Crippen molar-refractivity contribution in [1.82, 2.24) is 9.97 Å². The molecule has 2 N–H and O–H groups in total. The zero-order chi connectivity index (χ0) is 16.4. The summed E-state index contributed by atoms with van der Waals surface area (Å²) in [4.78, 5) is 10.8. The molecular weight excluding hydrogens is 304 g/mol. The minimum Gasteiger partial charge on any atom is -0.493 e. The van der Waals surface area contributed by atoms with Gasteiger partial charge in [0.2, 0.25) is 0 Å². The largest absolute Gasteiger partial charge is 0.493 e. The van der Waals surface area contributed by atoms with Crippen LogP contribution < -0.4 is 15.0 Å². The van der Waals surface area contributed by atoms with E-state index in [-0.39, 0.29) is 12.6 Å². The molecule has 126 valence electrons. The molecule has 1 aromatic carbocycles. The first-order valence-corrected chi connectivity index (χ1v) is 8.51. The molecule has 0 unspecified atom stereocenters. The van der Waals surface area contributed by atoms with Crippen molar-refractivity contribution in [2.75, 3.05) is 30.0 Å². The molecule has 6 heteroatoms. The van der Waals surface area contributed by atoms with Crippen molar-refractivity contribution in [3.05, 3.63) is 41.7 Å². The lowest BCUT2D eigenvalue weighted by Crippen LogP contribution is -2.32. The predicted molar refractivity (Wildman–Crippen MR) is 92.5 cm³/mol. The van der Waals surface area contributed by atoms with Crippen LogP contribution in [0.3, 0.4) is 0 Å². The third-order valence-corrected chi connectivity index (χ3v) is 4.76. The third-order valence-electron chi connectivity index (χ3n) is 4.76. The lowest BCUT2D eigenvalue weighted by atomic mass is 10.1. The summed E-state index contributed by atoms with van der Waals surface area (Å²) in [5.74, 6) is 2.69. The molecule has 0 amide bonds. The van der Waals surface area contributed by atoms with Gasteiger partial charge in [-0.1, -0.05) is 12.1 Å². The number of hydrogen-bond donors (Lipinski definition) is 2. The lowest BCUT2D eigenvalue weighted by Gasteiger charge is -2.24. The number of nitrogens with one attached hydrogen (secondary N) is 1. The van der Waals surface area contributed by atoms with Gasteiger partial charge in [-0.05, 0) is 30.0 Å². The number of aliphatic hydroxyl groups excluding tert-OH is 1. The Bertz CT molecular complexity index is 722. The van der Waals surface area contributed by atoms with Crippen LogP contribution in [0.15, 0.2) is 30.6 Å². The molecule has 0 saturated carbocycles. The summed E-state index contributed by atoms with van der Waals surface area (Å²) >= 11 is 0. The van der Waals surface area contributed by atoms with Crippen molar-refractivity contribution in [2.24, 2.45) is 0 Å². The van der Waals surface area contributed by atoms with Crippen LogP contribution in [0.2, 0.25) is 0 Å². The van der Waals surface area contributed by atoms with Crippen LogP contribution in [0, 0.1) is 0 Å². The van der Waals surface area contributed by atoms with Crippen LogP contribution >= 0.6 is 0 Å². The number of anilines is 2. The smallest absolute Gasteiger partial charge is 0.134 e. The molecule has 1 saturated heterocycles. The predicted octanol–water partition coefficient (Wildman–Crippen LogP) is 1.98. The lowest BCUT2D eigenvalue weighted by molar-refractivity contribution is 0.266. The second-order valence-electron chi connectivity index (χ2n) is 6.33. The minimum absolute atomic E-state index is 0.171. The van der Waals surface area contributed by atoms with Gasteiger partial charge in [0, 0.05) is 25.6 Å². The summed E-state index contributed by atoms with van der Waals surface area (Å²) in [6.45, 7) is 2.60. The van der Waals surface area contributed by atoms with Gasteiger partial charge in [0.1, 0.15) is 23.7 Å². The van der Waals surface area contributed by atoms with Gasteiger partial charge in [0.05, 0.1) is 19.3 Å². The van der Waals surface area contributed by atoms with E-state index in [1.807, 2.05) is 12.1 Å². The second-order valence-corrected chi connectivity index (χ2v) is 6.33. The summed E-state index contributed by atoms with van der Waals surface area (Å²) in [7, 11) is 0. The van der Waals surface area contributed by atoms with Crippen molar-refractivity contribution in [1.29, 1.82) is 0 Å². The van der Waals surface area contributed by atoms with Crippen LogP contribution in [-0.4, -0.2) is 40.9 Å². The molecule has 0 radical (unpaired) electrons. The molecule has 24 heavy (non-hydrogen) atoms. The monoisotopic (exact) mass is 326 g/mol. The Kier molecular flexibility index (Phi) is 4.21. The first-order chi connectivity index (χ1) is 11.8. The van der Waals surface area contributed by atoms with Gasteiger partial charge in [0.15, 0.2) is 0 Å². The van der Waals surface area contributed by atoms with Gasteiger partial charge in [0.25, 0.3) is 0 Å². The van der Waals surface area contributed by atoms with Gasteiger partial charge in [-0.3, -0.25) is 0 Å². The Balaban J connectivity index is 1.44. The number of fused-ring (bicyclic) bond motifs is 1. The van der Waals surface area contributed by atoms with Crippen molar-refractivity contribution in [2.45, 2.75) is 31.8 Å². The Labute approximate surface area is 141 Å². The van der Waals surface area contributed by atoms with E-state index < -0.39 is 0 Å². The molecule has 1 fully saturated rings. The average Bonchev–Trinajstić information content (AvgIpc) is 3.28. The highest BCUT2D eigenvalue weighted by Crippen LogP contribution is 2.27. The number of aromatic nitrogens is 2. The maximum absolute atomic E-state index is 9.49. The van der Waals surface area contributed by atoms with E-state index in [1.165, 1.54) is 11.1 Å². The zero-order valence-electron chi connectivity index (χ0n) is 13.6. The topological polar surface area (TPSA) is 70.5 Å². The highest BCUT2D eigenvalue weighted by Gasteiger charge is 2.25. The van der Waals surface area contributed by atoms with E-state index in [9.17, 15) is 5.11 Å². The number of aliphatic hydroxyl groups is 1. The van der Waals surface area contributed by atoms with Gasteiger partial charge in [-0.2, -0.15) is 0 Å². The highest BCUT2D eigenvalue weighted by molar-refractivity contribution is 5.50. The number of benzene rings is 1. The van der Waals surface area contributed by atoms with Gasteiger partial charge < -0.3 is 20.1 Å². The zero-order valence-corrected chi connectivity index (χ0v) is 13.6. The number of ether oxygens (including phenoxy) is 1. The minimum atomic E-state index is 0.171. The third kappa shape index (κ3) is 3.01. The van der Waals surface area contributed by atoms with E-state index >= 15 is 0 Å². The first kappa shape index (κ1) is 15.2. The number of hydrogen-bond acceptors (Lipinski definition) is 6. The summed E-state index contributed by atoms with van der Waals surface area (Å²) in [5, 5.41) is 12.9. The maximum atomic E-state index is 9.49. The SMILES string of the molecule is OC[C@@H]1CCCN1c1cc(NCc2ccc3c(c2)CCO3)ncn1. The summed E-state index contributed by atoms with van der Waals surface area (Å²) in [6, 6.07) is 8.46. The van der Waals surface area contributed by atoms with E-state index in [2.05, 4.69) is 32.3 Å². The summed E-state index contributed by atoms with van der Waals surface area (Å²) in [5.41, 5.74) is 2.49. The molecule has 3 heterocycles. The van der Waals surface area contributed by atoms with Crippen molar-refractivity contribution in [3.8, 4) is 5.75 Å². The van der Waals surface area contributed by atoms with E-state index in [0.29, 0.717) is 6.54 Å². The Hall–Kier alpha value is -2.34. The molecule has 0 bridgehead atoms. The van der Waals surface area contributed by atoms with Gasteiger partial charge in [-0.15, -0.1) is 0 Å². The fourth-order valence-electron chi connectivity index (χ4n) is 3.47. The molecule has 0 spiro atoms. The fourth-order valence-corrected chi connectivity index (χ4v) is 3.47. The van der Waals surface area contributed by atoms with Crippen molar-refractivity contribution in [3.63, 3.8) is 0 Å². The first-order valence-electron chi connectivity index (χ1n) is 8.51. The number of nitrogens with zero attached hydrogens (tertiary/aromatic N) is 3. The second kappa shape index (κ2) is 6.65. The number of rotatable bonds is 5. The Morgan fingerprint density at radius 3 is 3.17 bits per heavy atom. The van der Waals surface area contributed by atoms with Crippen LogP contribution in [0.4, 0.5) is 11.6 Å². The molecule has 0 aliphatic carbocycles. The molecule has 2 aromatic rings. The molecule has 2 aliphatic heterocycles. The molecule has 4 rings (SSSR count). The van der Waals surface area contributed by atoms with E-state index in [4.69, 9.17) is 4.74 Å². The standard InChI is InChI=1S/C18H22N4O2/c23-11-15-2-1-6-22(15)18-9-17(20-12-21-18)19-10-13-3-4-16-14(8-13)5-7-24-16/h3-4,8-9,12,15,23H,1-2,5-7,10-11H2,(H,19,20,21)/t15-/m0/s1. The normalized spacial score (nSPS) is 19.2. The van der Waals surface area contributed by atoms with Crippen LogP contribution in [-0.2, 0) is 13.0 Å².